The van der Waals surface area contributed by atoms with E-state index in [0.29, 0.717) is 16.8 Å². The molecule has 171 valence electrons. The number of aromatic nitrogens is 2. The number of hydrogen-bond donors (Lipinski definition) is 0. The Balaban J connectivity index is 1.25. The summed E-state index contributed by atoms with van der Waals surface area (Å²) in [4.78, 5) is 17.0. The van der Waals surface area contributed by atoms with Crippen molar-refractivity contribution in [3.05, 3.63) is 64.3 Å². The van der Waals surface area contributed by atoms with Crippen LogP contribution in [-0.4, -0.2) is 65.0 Å². The molecule has 1 aromatic carbocycles. The van der Waals surface area contributed by atoms with Crippen LogP contribution in [0, 0.1) is 5.92 Å². The molecule has 7 heteroatoms. The summed E-state index contributed by atoms with van der Waals surface area (Å²) >= 11 is 6.31. The van der Waals surface area contributed by atoms with Crippen LogP contribution in [0.1, 0.15) is 43.4 Å². The third kappa shape index (κ3) is 3.88. The number of halogens is 1. The van der Waals surface area contributed by atoms with Gasteiger partial charge >= 0.3 is 152 Å². The molecule has 0 bridgehead atoms. The predicted molar refractivity (Wildman–Crippen MR) is 138 cm³/mol. The second kappa shape index (κ2) is 8.73. The van der Waals surface area contributed by atoms with E-state index in [0.717, 1.165) is 61.5 Å². The fraction of sp³-hybridized carbons (Fsp3) is 0.370. The first kappa shape index (κ1) is 21.7. The summed E-state index contributed by atoms with van der Waals surface area (Å²) in [5.74, 6) is 2.19. The van der Waals surface area contributed by atoms with E-state index in [9.17, 15) is 4.79 Å². The van der Waals surface area contributed by atoms with Gasteiger partial charge in [0.05, 0.1) is 0 Å². The average Bonchev–Trinajstić information content (AvgIpc) is 3.65. The van der Waals surface area contributed by atoms with E-state index in [-0.39, 0.29) is 0 Å². The van der Waals surface area contributed by atoms with E-state index >= 15 is 0 Å². The van der Waals surface area contributed by atoms with E-state index in [1.807, 2.05) is 18.2 Å². The molecular weight excluding hydrogens is 443 g/mol. The van der Waals surface area contributed by atoms with Gasteiger partial charge in [-0.15, -0.1) is 0 Å². The second-order valence-electron chi connectivity index (χ2n) is 9.57. The molecule has 2 aromatic heterocycles. The van der Waals surface area contributed by atoms with Gasteiger partial charge in [-0.2, -0.15) is 0 Å². The molecule has 3 aliphatic rings. The molecule has 0 atom stereocenters. The van der Waals surface area contributed by atoms with Crippen molar-refractivity contribution in [3.8, 4) is 11.3 Å². The molecule has 1 amide bonds. The van der Waals surface area contributed by atoms with Crippen LogP contribution in [0.3, 0.4) is 0 Å². The van der Waals surface area contributed by atoms with Gasteiger partial charge in [0.2, 0.25) is 5.91 Å². The van der Waals surface area contributed by atoms with Crippen LogP contribution < -0.4 is 0 Å². The summed E-state index contributed by atoms with van der Waals surface area (Å²) in [7, 11) is 5.76. The van der Waals surface area contributed by atoms with E-state index < -0.39 is 0 Å². The van der Waals surface area contributed by atoms with E-state index in [4.69, 9.17) is 24.2 Å². The van der Waals surface area contributed by atoms with Crippen LogP contribution >= 0.6 is 11.6 Å². The number of amides is 1. The number of rotatable bonds is 5. The fourth-order valence-corrected chi connectivity index (χ4v) is 5.33. The molecule has 1 radical (unpaired) electrons. The molecule has 0 unspecified atom stereocenters. The minimum atomic E-state index is 0.303. The monoisotopic (exact) mass is 469 g/mol. The number of fused-ring (bicyclic) bond motifs is 1. The van der Waals surface area contributed by atoms with Gasteiger partial charge in [-0.05, 0) is 19.3 Å². The van der Waals surface area contributed by atoms with Crippen molar-refractivity contribution in [3.63, 3.8) is 0 Å². The number of carbonyl (C=O) groups is 1. The normalized spacial score (nSPS) is 18.2. The van der Waals surface area contributed by atoms with E-state index in [1.165, 1.54) is 36.5 Å². The molecule has 2 saturated carbocycles. The van der Waals surface area contributed by atoms with Crippen LogP contribution in [0.2, 0.25) is 5.02 Å². The molecule has 6 rings (SSSR count). The molecule has 1 saturated heterocycles. The topological polar surface area (TPSA) is 40.8 Å². The molecule has 1 aliphatic heterocycles. The maximum atomic E-state index is 12.5. The third-order valence-corrected chi connectivity index (χ3v) is 7.65. The summed E-state index contributed by atoms with van der Waals surface area (Å²) in [6.45, 7) is 3.47. The summed E-state index contributed by atoms with van der Waals surface area (Å²) in [5, 5.41) is 5.41. The quantitative estimate of drug-likeness (QED) is 0.519. The van der Waals surface area contributed by atoms with Gasteiger partial charge in [0, 0.05) is 19.0 Å². The summed E-state index contributed by atoms with van der Waals surface area (Å²) < 4.78 is 1.79. The number of benzene rings is 1. The van der Waals surface area contributed by atoms with E-state index in [1.54, 1.807) is 10.1 Å². The van der Waals surface area contributed by atoms with E-state index in [2.05, 4.69) is 34.1 Å². The Morgan fingerprint density at radius 3 is 2.32 bits per heavy atom. The minimum absolute atomic E-state index is 0.303. The van der Waals surface area contributed by atoms with Crippen LogP contribution in [0.5, 0.6) is 0 Å². The Bertz CT molecular complexity index is 1290. The standard InChI is InChI=1S/C27H27BClN4O/c28-17-22-16-23(29)25-11-10-24(30-33(22)25)18-4-6-20(7-5-18)26(19-2-1-3-19)31-12-14-32(15-13-31)27(34)21-8-9-21/h4-7,10-11,16-17,21H,1-3,8-9,12-15H2. The van der Waals surface area contributed by atoms with Crippen molar-refractivity contribution >= 4 is 42.2 Å². The Labute approximate surface area is 206 Å². The van der Waals surface area contributed by atoms with Gasteiger partial charge < -0.3 is 4.90 Å². The number of piperazine rings is 1. The SMILES string of the molecule is [B]=Cc1cc(Cl)c2ccc(-c3ccc(C(=C4CCC4)N4CCN(C(=O)C5CC5)CC4)cc3)nn12. The van der Waals surface area contributed by atoms with Crippen molar-refractivity contribution in [1.29, 1.82) is 0 Å². The maximum absolute atomic E-state index is 12.5. The van der Waals surface area contributed by atoms with Crippen LogP contribution in [-0.2, 0) is 4.79 Å². The van der Waals surface area contributed by atoms with Gasteiger partial charge in [-0.1, -0.05) is 0 Å². The fourth-order valence-electron chi connectivity index (χ4n) is 5.08. The van der Waals surface area contributed by atoms with Crippen molar-refractivity contribution in [2.75, 3.05) is 26.2 Å². The van der Waals surface area contributed by atoms with Crippen molar-refractivity contribution in [1.82, 2.24) is 19.4 Å². The first-order chi connectivity index (χ1) is 16.6. The Morgan fingerprint density at radius 2 is 1.71 bits per heavy atom. The third-order valence-electron chi connectivity index (χ3n) is 7.35. The number of allylic oxidation sites excluding steroid dienone is 1. The van der Waals surface area contributed by atoms with Crippen LogP contribution in [0.25, 0.3) is 22.5 Å². The van der Waals surface area contributed by atoms with Crippen molar-refractivity contribution in [2.45, 2.75) is 32.1 Å². The predicted octanol–water partition coefficient (Wildman–Crippen LogP) is 4.42. The Hall–Kier alpha value is -2.86. The molecule has 3 fully saturated rings. The molecule has 2 aliphatic carbocycles. The van der Waals surface area contributed by atoms with Gasteiger partial charge in [-0.3, -0.25) is 4.79 Å². The molecule has 0 spiro atoms. The average molecular weight is 470 g/mol. The van der Waals surface area contributed by atoms with Gasteiger partial charge in [0.1, 0.15) is 0 Å². The molecule has 0 N–H and O–H groups in total. The Kier molecular flexibility index (Phi) is 5.57. The second-order valence-corrected chi connectivity index (χ2v) is 9.98. The first-order valence-corrected chi connectivity index (χ1v) is 12.6. The molecule has 5 nitrogen and oxygen atoms in total. The van der Waals surface area contributed by atoms with Crippen LogP contribution in [0.15, 0.2) is 48.0 Å². The van der Waals surface area contributed by atoms with Crippen molar-refractivity contribution < 1.29 is 4.79 Å². The van der Waals surface area contributed by atoms with Gasteiger partial charge in [0.15, 0.2) is 0 Å². The van der Waals surface area contributed by atoms with Gasteiger partial charge in [0.25, 0.3) is 0 Å². The summed E-state index contributed by atoms with van der Waals surface area (Å²) in [6.07, 6.45) is 5.75. The zero-order chi connectivity index (χ0) is 23.2. The zero-order valence-electron chi connectivity index (χ0n) is 19.2. The van der Waals surface area contributed by atoms with Gasteiger partial charge in [-0.25, -0.2) is 0 Å². The number of nitrogens with zero attached hydrogens (tertiary/aromatic N) is 4. The Morgan fingerprint density at radius 1 is 1.00 bits per heavy atom. The van der Waals surface area contributed by atoms with Crippen molar-refractivity contribution in [2.24, 2.45) is 5.92 Å². The number of carbonyl (C=O) groups excluding carboxylic acids is 1. The molecule has 3 heterocycles. The molecule has 34 heavy (non-hydrogen) atoms. The molecule has 3 aromatic rings. The van der Waals surface area contributed by atoms with Crippen LogP contribution in [0.4, 0.5) is 0 Å². The first-order valence-electron chi connectivity index (χ1n) is 12.2. The molecular formula is C27H27BClN4O. The zero-order valence-corrected chi connectivity index (χ0v) is 20.0. The number of hydrogen-bond acceptors (Lipinski definition) is 3. The summed E-state index contributed by atoms with van der Waals surface area (Å²) in [6, 6.07) is 14.5. The summed E-state index contributed by atoms with van der Waals surface area (Å²) in [5.41, 5.74) is 7.71.